The van der Waals surface area contributed by atoms with Crippen LogP contribution in [0.2, 0.25) is 0 Å². The minimum Gasteiger partial charge on any atom is -0.497 e. The van der Waals surface area contributed by atoms with Gasteiger partial charge in [0.1, 0.15) is 5.75 Å². The van der Waals surface area contributed by atoms with Gasteiger partial charge in [0, 0.05) is 13.2 Å². The summed E-state index contributed by atoms with van der Waals surface area (Å²) >= 11 is 0. The second kappa shape index (κ2) is 7.81. The average molecular weight is 291 g/mol. The first-order valence-electron chi connectivity index (χ1n) is 8.14. The first-order chi connectivity index (χ1) is 10.2. The number of ether oxygens (including phenoxy) is 2. The third kappa shape index (κ3) is 4.21. The van der Waals surface area contributed by atoms with Gasteiger partial charge in [0.05, 0.1) is 12.7 Å². The quantitative estimate of drug-likeness (QED) is 0.813. The molecule has 0 radical (unpaired) electrons. The Morgan fingerprint density at radius 2 is 1.67 bits per heavy atom. The van der Waals surface area contributed by atoms with Crippen LogP contribution in [-0.2, 0) is 11.2 Å². The van der Waals surface area contributed by atoms with Gasteiger partial charge in [-0.15, -0.1) is 0 Å². The number of hydrogen-bond donors (Lipinski definition) is 1. The van der Waals surface area contributed by atoms with Crippen molar-refractivity contribution in [1.82, 2.24) is 0 Å². The summed E-state index contributed by atoms with van der Waals surface area (Å²) in [5, 5.41) is 0. The Kier molecular flexibility index (Phi) is 6.07. The Morgan fingerprint density at radius 1 is 1.05 bits per heavy atom. The molecule has 1 aliphatic carbocycles. The van der Waals surface area contributed by atoms with Crippen molar-refractivity contribution in [2.45, 2.75) is 63.0 Å². The number of benzene rings is 1. The van der Waals surface area contributed by atoms with E-state index in [1.165, 1.54) is 31.2 Å². The highest BCUT2D eigenvalue weighted by atomic mass is 16.5. The minimum atomic E-state index is -0.108. The molecule has 0 amide bonds. The van der Waals surface area contributed by atoms with Crippen LogP contribution in [0.1, 0.15) is 50.5 Å². The van der Waals surface area contributed by atoms with E-state index in [2.05, 4.69) is 12.1 Å². The fourth-order valence-electron chi connectivity index (χ4n) is 3.43. The van der Waals surface area contributed by atoms with Gasteiger partial charge in [-0.2, -0.15) is 0 Å². The molecule has 1 saturated carbocycles. The number of rotatable bonds is 6. The van der Waals surface area contributed by atoms with E-state index in [1.807, 2.05) is 19.2 Å². The van der Waals surface area contributed by atoms with Crippen molar-refractivity contribution in [3.05, 3.63) is 29.8 Å². The maximum atomic E-state index is 6.52. The van der Waals surface area contributed by atoms with E-state index in [1.54, 1.807) is 7.11 Å². The van der Waals surface area contributed by atoms with Crippen molar-refractivity contribution >= 4 is 0 Å². The van der Waals surface area contributed by atoms with Gasteiger partial charge < -0.3 is 15.2 Å². The molecule has 3 nitrogen and oxygen atoms in total. The second-order valence-electron chi connectivity index (χ2n) is 6.18. The van der Waals surface area contributed by atoms with Crippen LogP contribution in [-0.4, -0.2) is 25.9 Å². The molecule has 1 fully saturated rings. The lowest BCUT2D eigenvalue weighted by atomic mass is 9.83. The van der Waals surface area contributed by atoms with Crippen LogP contribution in [0.4, 0.5) is 0 Å². The number of hydrogen-bond acceptors (Lipinski definition) is 3. The van der Waals surface area contributed by atoms with E-state index in [-0.39, 0.29) is 11.6 Å². The molecule has 0 saturated heterocycles. The maximum Gasteiger partial charge on any atom is 0.118 e. The predicted octanol–water partition coefficient (Wildman–Crippen LogP) is 3.69. The molecular weight excluding hydrogens is 262 g/mol. The van der Waals surface area contributed by atoms with Gasteiger partial charge in [0.15, 0.2) is 0 Å². The Hall–Kier alpha value is -1.06. The lowest BCUT2D eigenvalue weighted by molar-refractivity contribution is -0.0448. The molecule has 1 aromatic carbocycles. The average Bonchev–Trinajstić information content (AvgIpc) is 2.79. The highest BCUT2D eigenvalue weighted by Gasteiger charge is 2.36. The SMILES string of the molecule is COc1ccc(CCC(N)C2(OC)CCCCCC2)cc1. The molecule has 1 unspecified atom stereocenters. The van der Waals surface area contributed by atoms with Gasteiger partial charge >= 0.3 is 0 Å². The van der Waals surface area contributed by atoms with E-state index in [9.17, 15) is 0 Å². The van der Waals surface area contributed by atoms with Crippen LogP contribution in [0.15, 0.2) is 24.3 Å². The zero-order chi connectivity index (χ0) is 15.1. The molecule has 2 rings (SSSR count). The van der Waals surface area contributed by atoms with Crippen molar-refractivity contribution in [2.24, 2.45) is 5.73 Å². The second-order valence-corrected chi connectivity index (χ2v) is 6.18. The molecule has 2 N–H and O–H groups in total. The predicted molar refractivity (Wildman–Crippen MR) is 86.7 cm³/mol. The van der Waals surface area contributed by atoms with Crippen LogP contribution in [0.3, 0.4) is 0 Å². The third-order valence-electron chi connectivity index (χ3n) is 4.94. The summed E-state index contributed by atoms with van der Waals surface area (Å²) in [4.78, 5) is 0. The molecule has 0 heterocycles. The molecule has 3 heteroatoms. The molecule has 118 valence electrons. The van der Waals surface area contributed by atoms with Gasteiger partial charge in [-0.1, -0.05) is 37.8 Å². The Bertz CT molecular complexity index is 408. The normalized spacial score (nSPS) is 19.8. The number of aryl methyl sites for hydroxylation is 1. The third-order valence-corrected chi connectivity index (χ3v) is 4.94. The summed E-state index contributed by atoms with van der Waals surface area (Å²) in [6, 6.07) is 8.38. The van der Waals surface area contributed by atoms with Crippen LogP contribution in [0.5, 0.6) is 5.75 Å². The summed E-state index contributed by atoms with van der Waals surface area (Å²) in [5.41, 5.74) is 7.72. The van der Waals surface area contributed by atoms with Gasteiger partial charge in [-0.3, -0.25) is 0 Å². The molecule has 0 bridgehead atoms. The Balaban J connectivity index is 1.93. The molecule has 1 atom stereocenters. The molecule has 0 aromatic heterocycles. The fourth-order valence-corrected chi connectivity index (χ4v) is 3.43. The summed E-state index contributed by atoms with van der Waals surface area (Å²) < 4.78 is 11.1. The van der Waals surface area contributed by atoms with Gasteiger partial charge in [-0.25, -0.2) is 0 Å². The topological polar surface area (TPSA) is 44.5 Å². The zero-order valence-electron chi connectivity index (χ0n) is 13.4. The van der Waals surface area contributed by atoms with E-state index in [0.29, 0.717) is 0 Å². The number of methoxy groups -OCH3 is 2. The van der Waals surface area contributed by atoms with E-state index >= 15 is 0 Å². The van der Waals surface area contributed by atoms with Crippen molar-refractivity contribution < 1.29 is 9.47 Å². The fraction of sp³-hybridized carbons (Fsp3) is 0.667. The standard InChI is InChI=1S/C18H29NO2/c1-20-16-10-7-15(8-11-16)9-12-17(19)18(21-2)13-5-3-4-6-14-18/h7-8,10-11,17H,3-6,9,12-14,19H2,1-2H3. The van der Waals surface area contributed by atoms with Gasteiger partial charge in [0.2, 0.25) is 0 Å². The molecule has 1 aliphatic rings. The van der Waals surface area contributed by atoms with Crippen LogP contribution in [0, 0.1) is 0 Å². The first kappa shape index (κ1) is 16.3. The van der Waals surface area contributed by atoms with Gasteiger partial charge in [-0.05, 0) is 43.4 Å². The van der Waals surface area contributed by atoms with Crippen molar-refractivity contribution in [1.29, 1.82) is 0 Å². The summed E-state index contributed by atoms with van der Waals surface area (Å²) in [6.07, 6.45) is 9.29. The van der Waals surface area contributed by atoms with E-state index in [4.69, 9.17) is 15.2 Å². The van der Waals surface area contributed by atoms with Crippen LogP contribution in [0.25, 0.3) is 0 Å². The molecule has 0 aliphatic heterocycles. The van der Waals surface area contributed by atoms with Gasteiger partial charge in [0.25, 0.3) is 0 Å². The lowest BCUT2D eigenvalue weighted by Crippen LogP contribution is -2.49. The summed E-state index contributed by atoms with van der Waals surface area (Å²) in [6.45, 7) is 0. The summed E-state index contributed by atoms with van der Waals surface area (Å²) in [5.74, 6) is 0.903. The highest BCUT2D eigenvalue weighted by molar-refractivity contribution is 5.27. The molecule has 0 spiro atoms. The van der Waals surface area contributed by atoms with E-state index in [0.717, 1.165) is 31.4 Å². The smallest absolute Gasteiger partial charge is 0.118 e. The van der Waals surface area contributed by atoms with Crippen molar-refractivity contribution in [3.63, 3.8) is 0 Å². The van der Waals surface area contributed by atoms with Crippen LogP contribution < -0.4 is 10.5 Å². The summed E-state index contributed by atoms with van der Waals surface area (Å²) in [7, 11) is 3.53. The van der Waals surface area contributed by atoms with E-state index < -0.39 is 0 Å². The number of nitrogens with two attached hydrogens (primary N) is 1. The monoisotopic (exact) mass is 291 g/mol. The van der Waals surface area contributed by atoms with Crippen molar-refractivity contribution in [3.8, 4) is 5.75 Å². The Labute approximate surface area is 128 Å². The lowest BCUT2D eigenvalue weighted by Gasteiger charge is -2.37. The Morgan fingerprint density at radius 3 is 2.19 bits per heavy atom. The molecule has 21 heavy (non-hydrogen) atoms. The molecular formula is C18H29NO2. The minimum absolute atomic E-state index is 0.108. The van der Waals surface area contributed by atoms with Crippen LogP contribution >= 0.6 is 0 Å². The molecule has 1 aromatic rings. The highest BCUT2D eigenvalue weighted by Crippen LogP contribution is 2.33. The largest absolute Gasteiger partial charge is 0.497 e. The maximum absolute atomic E-state index is 6.52. The zero-order valence-corrected chi connectivity index (χ0v) is 13.4. The first-order valence-corrected chi connectivity index (χ1v) is 8.14. The van der Waals surface area contributed by atoms with Crippen molar-refractivity contribution in [2.75, 3.05) is 14.2 Å².